The number of rotatable bonds is 6. The van der Waals surface area contributed by atoms with Crippen LogP contribution in [-0.2, 0) is 4.79 Å². The van der Waals surface area contributed by atoms with E-state index in [1.165, 1.54) is 0 Å². The van der Waals surface area contributed by atoms with Gasteiger partial charge in [-0.25, -0.2) is 0 Å². The van der Waals surface area contributed by atoms with Crippen molar-refractivity contribution in [3.63, 3.8) is 0 Å². The molecule has 2 fully saturated rings. The summed E-state index contributed by atoms with van der Waals surface area (Å²) in [5.74, 6) is 1.91. The third kappa shape index (κ3) is 4.58. The summed E-state index contributed by atoms with van der Waals surface area (Å²) in [6, 6.07) is 13.2. The highest BCUT2D eigenvalue weighted by molar-refractivity contribution is 5.92. The number of carbonyl (C=O) groups excluding carboxylic acids is 1. The van der Waals surface area contributed by atoms with Crippen molar-refractivity contribution in [3.05, 3.63) is 59.7 Å². The Bertz CT molecular complexity index is 1020. The van der Waals surface area contributed by atoms with Gasteiger partial charge in [0, 0.05) is 24.1 Å². The van der Waals surface area contributed by atoms with Crippen LogP contribution in [0.25, 0.3) is 6.08 Å². The molecule has 0 radical (unpaired) electrons. The molecule has 1 N–H and O–H groups in total. The van der Waals surface area contributed by atoms with Gasteiger partial charge in [0.15, 0.2) is 11.5 Å². The molecule has 2 aromatic rings. The second-order valence-corrected chi connectivity index (χ2v) is 8.87. The first-order valence-electron chi connectivity index (χ1n) is 11.6. The molecule has 1 aliphatic heterocycles. The summed E-state index contributed by atoms with van der Waals surface area (Å²) in [7, 11) is 4.84. The van der Waals surface area contributed by atoms with E-state index in [0.29, 0.717) is 24.5 Å². The van der Waals surface area contributed by atoms with Gasteiger partial charge in [0.25, 0.3) is 0 Å². The Hall–Kier alpha value is -2.99. The third-order valence-electron chi connectivity index (χ3n) is 7.13. The number of ether oxygens (including phenoxy) is 3. The highest BCUT2D eigenvalue weighted by Gasteiger charge is 2.50. The van der Waals surface area contributed by atoms with Gasteiger partial charge in [-0.05, 0) is 49.1 Å². The summed E-state index contributed by atoms with van der Waals surface area (Å²) in [4.78, 5) is 15.4. The molecule has 1 saturated heterocycles. The zero-order valence-corrected chi connectivity index (χ0v) is 19.6. The Labute approximate surface area is 195 Å². The van der Waals surface area contributed by atoms with E-state index in [0.717, 1.165) is 42.6 Å². The van der Waals surface area contributed by atoms with Gasteiger partial charge in [0.1, 0.15) is 5.75 Å². The number of piperidine rings is 1. The zero-order valence-electron chi connectivity index (χ0n) is 19.6. The van der Waals surface area contributed by atoms with E-state index in [4.69, 9.17) is 14.2 Å². The fraction of sp³-hybridized carbons (Fsp3) is 0.444. The van der Waals surface area contributed by atoms with E-state index in [-0.39, 0.29) is 17.9 Å². The van der Waals surface area contributed by atoms with Crippen LogP contribution in [0.1, 0.15) is 49.3 Å². The lowest BCUT2D eigenvalue weighted by Crippen LogP contribution is -2.56. The molecule has 1 aliphatic carbocycles. The maximum absolute atomic E-state index is 13.5. The van der Waals surface area contributed by atoms with E-state index in [1.807, 2.05) is 47.4 Å². The van der Waals surface area contributed by atoms with E-state index >= 15 is 0 Å². The van der Waals surface area contributed by atoms with Crippen LogP contribution in [0.3, 0.4) is 0 Å². The molecule has 33 heavy (non-hydrogen) atoms. The zero-order chi connectivity index (χ0) is 23.4. The van der Waals surface area contributed by atoms with Gasteiger partial charge < -0.3 is 24.2 Å². The minimum atomic E-state index is -0.742. The molecule has 3 atom stereocenters. The first kappa shape index (κ1) is 23.2. The maximum atomic E-state index is 13.5. The number of hydrogen-bond acceptors (Lipinski definition) is 5. The highest BCUT2D eigenvalue weighted by Crippen LogP contribution is 2.50. The molecule has 0 aromatic heterocycles. The SMILES string of the molecule is COc1ccc(/C=C/C(=O)N2CC[C@@]3(O)CCCC[C@H]3[C@@H]2c2ccccc2OC)cc1OC. The van der Waals surface area contributed by atoms with Crippen molar-refractivity contribution in [2.75, 3.05) is 27.9 Å². The van der Waals surface area contributed by atoms with Crippen LogP contribution in [-0.4, -0.2) is 49.4 Å². The van der Waals surface area contributed by atoms with Gasteiger partial charge in [-0.1, -0.05) is 37.1 Å². The fourth-order valence-corrected chi connectivity index (χ4v) is 5.44. The Morgan fingerprint density at radius 3 is 2.52 bits per heavy atom. The normalized spacial score (nSPS) is 24.9. The number of carbonyl (C=O) groups is 1. The van der Waals surface area contributed by atoms with Crippen molar-refractivity contribution in [3.8, 4) is 17.2 Å². The number of benzene rings is 2. The summed E-state index contributed by atoms with van der Waals surface area (Å²) < 4.78 is 16.3. The number of nitrogens with zero attached hydrogens (tertiary/aromatic N) is 1. The standard InChI is InChI=1S/C27H33NO5/c1-31-22-10-5-4-8-20(22)26-21-9-6-7-15-27(21,30)16-17-28(26)25(29)14-12-19-11-13-23(32-2)24(18-19)33-3/h4-5,8,10-14,18,21,26,30H,6-7,9,15-17H2,1-3H3/b14-12+/t21-,26-,27-/m0/s1. The average Bonchev–Trinajstić information content (AvgIpc) is 2.86. The van der Waals surface area contributed by atoms with Crippen LogP contribution in [0.5, 0.6) is 17.2 Å². The van der Waals surface area contributed by atoms with Crippen molar-refractivity contribution < 1.29 is 24.1 Å². The Morgan fingerprint density at radius 1 is 1.00 bits per heavy atom. The lowest BCUT2D eigenvalue weighted by molar-refractivity contribution is -0.151. The Balaban J connectivity index is 1.66. The molecule has 1 heterocycles. The molecule has 1 saturated carbocycles. The van der Waals surface area contributed by atoms with Gasteiger partial charge in [0.05, 0.1) is 33.0 Å². The van der Waals surface area contributed by atoms with Gasteiger partial charge in [-0.2, -0.15) is 0 Å². The first-order chi connectivity index (χ1) is 16.0. The molecule has 0 bridgehead atoms. The minimum absolute atomic E-state index is 0.0188. The fourth-order valence-electron chi connectivity index (χ4n) is 5.44. The number of amides is 1. The summed E-state index contributed by atoms with van der Waals surface area (Å²) in [5, 5.41) is 11.5. The highest BCUT2D eigenvalue weighted by atomic mass is 16.5. The second kappa shape index (κ2) is 9.87. The summed E-state index contributed by atoms with van der Waals surface area (Å²) in [6.45, 7) is 0.505. The van der Waals surface area contributed by atoms with E-state index in [1.54, 1.807) is 33.5 Å². The molecule has 0 spiro atoms. The monoisotopic (exact) mass is 451 g/mol. The van der Waals surface area contributed by atoms with Crippen molar-refractivity contribution in [2.45, 2.75) is 43.7 Å². The predicted octanol–water partition coefficient (Wildman–Crippen LogP) is 4.62. The van der Waals surface area contributed by atoms with E-state index in [2.05, 4.69) is 0 Å². The van der Waals surface area contributed by atoms with Crippen molar-refractivity contribution in [1.82, 2.24) is 4.90 Å². The second-order valence-electron chi connectivity index (χ2n) is 8.87. The van der Waals surface area contributed by atoms with Gasteiger partial charge in [0.2, 0.25) is 5.91 Å². The number of aliphatic hydroxyl groups is 1. The van der Waals surface area contributed by atoms with Crippen LogP contribution in [0.2, 0.25) is 0 Å². The van der Waals surface area contributed by atoms with E-state index < -0.39 is 5.60 Å². The molecule has 0 unspecified atom stereocenters. The maximum Gasteiger partial charge on any atom is 0.247 e. The van der Waals surface area contributed by atoms with Crippen molar-refractivity contribution in [2.24, 2.45) is 5.92 Å². The number of para-hydroxylation sites is 1. The van der Waals surface area contributed by atoms with Crippen LogP contribution in [0.4, 0.5) is 0 Å². The van der Waals surface area contributed by atoms with Gasteiger partial charge in [-0.3, -0.25) is 4.79 Å². The number of methoxy groups -OCH3 is 3. The van der Waals surface area contributed by atoms with Gasteiger partial charge in [-0.15, -0.1) is 0 Å². The lowest BCUT2D eigenvalue weighted by atomic mass is 9.66. The molecule has 4 rings (SSSR count). The largest absolute Gasteiger partial charge is 0.496 e. The Kier molecular flexibility index (Phi) is 6.94. The molecule has 6 nitrogen and oxygen atoms in total. The Morgan fingerprint density at radius 2 is 1.76 bits per heavy atom. The smallest absolute Gasteiger partial charge is 0.247 e. The lowest BCUT2D eigenvalue weighted by Gasteiger charge is -2.52. The van der Waals surface area contributed by atoms with Crippen molar-refractivity contribution >= 4 is 12.0 Å². The molecule has 2 aromatic carbocycles. The van der Waals surface area contributed by atoms with E-state index in [9.17, 15) is 9.90 Å². The first-order valence-corrected chi connectivity index (χ1v) is 11.6. The summed E-state index contributed by atoms with van der Waals surface area (Å²) >= 11 is 0. The molecule has 176 valence electrons. The van der Waals surface area contributed by atoms with Gasteiger partial charge >= 0.3 is 0 Å². The third-order valence-corrected chi connectivity index (χ3v) is 7.13. The molecule has 6 heteroatoms. The molecule has 2 aliphatic rings. The summed E-state index contributed by atoms with van der Waals surface area (Å²) in [6.07, 6.45) is 7.76. The number of hydrogen-bond donors (Lipinski definition) is 1. The van der Waals surface area contributed by atoms with Crippen LogP contribution in [0.15, 0.2) is 48.5 Å². The minimum Gasteiger partial charge on any atom is -0.496 e. The van der Waals surface area contributed by atoms with Crippen LogP contribution >= 0.6 is 0 Å². The molecule has 1 amide bonds. The van der Waals surface area contributed by atoms with Crippen LogP contribution in [0, 0.1) is 5.92 Å². The summed E-state index contributed by atoms with van der Waals surface area (Å²) in [5.41, 5.74) is 1.06. The number of likely N-dealkylation sites (tertiary alicyclic amines) is 1. The topological polar surface area (TPSA) is 68.2 Å². The quantitative estimate of drug-likeness (QED) is 0.649. The average molecular weight is 452 g/mol. The predicted molar refractivity (Wildman–Crippen MR) is 128 cm³/mol. The molecular formula is C27H33NO5. The molecular weight excluding hydrogens is 418 g/mol. The van der Waals surface area contributed by atoms with Crippen LogP contribution < -0.4 is 14.2 Å². The number of fused-ring (bicyclic) bond motifs is 1. The van der Waals surface area contributed by atoms with Crippen molar-refractivity contribution in [1.29, 1.82) is 0 Å².